The smallest absolute Gasteiger partial charge is 0.336 e. The van der Waals surface area contributed by atoms with Gasteiger partial charge < -0.3 is 31.7 Å². The first-order valence-corrected chi connectivity index (χ1v) is 25.8. The van der Waals surface area contributed by atoms with E-state index in [9.17, 15) is 46.7 Å². The first-order valence-electron chi connectivity index (χ1n) is 24.3. The third-order valence-corrected chi connectivity index (χ3v) is 13.1. The number of nitrogens with one attached hydrogen (secondary N) is 5. The van der Waals surface area contributed by atoms with Crippen molar-refractivity contribution in [3.63, 3.8) is 0 Å². The van der Waals surface area contributed by atoms with Crippen LogP contribution in [0, 0.1) is 36.3 Å². The summed E-state index contributed by atoms with van der Waals surface area (Å²) in [6.45, 7) is 16.0. The summed E-state index contributed by atoms with van der Waals surface area (Å²) >= 11 is 0. The fraction of sp³-hybridized carbons (Fsp3) is 0.357. The summed E-state index contributed by atoms with van der Waals surface area (Å²) in [7, 11) is -3.82. The molecule has 7 rings (SSSR count). The van der Waals surface area contributed by atoms with Gasteiger partial charge in [-0.25, -0.2) is 27.1 Å². The standard InChI is InChI=1S/C32H37FN4O5S.C24H27FN2O4/c1-19-26(16-22(17-28(19)33)30(39)37-23-8-9-23)25-12-7-21(29(38)36-18-32(2,3)4)15-27(25)31(40)35-14-13-20-5-10-24(11-6-20)43(34,41)42;1-13-18(10-15(11-20(13)25)22(29)27-16-6-7-16)17-8-5-14(9-19(17)23(30)31)21(28)26-12-24(2,3)4/h5-7,10-12,15-17,23H,8-9,13-14,18H2,1-4H3,(H,35,40)(H,36,38)(H,37,39)(H2,34,41,42);5,8-11,16H,6-7,12H2,1-4H3,(H,26,28)(H,27,29)(H,30,31). The summed E-state index contributed by atoms with van der Waals surface area (Å²) in [5, 5.41) is 29.1. The highest BCUT2D eigenvalue weighted by atomic mass is 32.2. The highest BCUT2D eigenvalue weighted by molar-refractivity contribution is 7.89. The maximum atomic E-state index is 15.1. The summed E-state index contributed by atoms with van der Waals surface area (Å²) in [6, 6.07) is 20.5. The van der Waals surface area contributed by atoms with E-state index in [4.69, 9.17) is 5.14 Å². The van der Waals surface area contributed by atoms with Gasteiger partial charge in [0.05, 0.1) is 10.5 Å². The molecule has 0 unspecified atom stereocenters. The van der Waals surface area contributed by atoms with Crippen LogP contribution >= 0.6 is 0 Å². The zero-order valence-electron chi connectivity index (χ0n) is 42.8. The largest absolute Gasteiger partial charge is 0.478 e. The minimum absolute atomic E-state index is 0.0119. The predicted octanol–water partition coefficient (Wildman–Crippen LogP) is 8.26. The van der Waals surface area contributed by atoms with Crippen molar-refractivity contribution in [1.82, 2.24) is 26.6 Å². The lowest BCUT2D eigenvalue weighted by Crippen LogP contribution is -2.32. The molecule has 0 saturated heterocycles. The summed E-state index contributed by atoms with van der Waals surface area (Å²) in [5.74, 6) is -4.43. The molecular weight excluding hydrogens is 971 g/mol. The number of carboxylic acids is 1. The van der Waals surface area contributed by atoms with Crippen molar-refractivity contribution >= 4 is 45.5 Å². The molecule has 2 fully saturated rings. The molecule has 0 aliphatic heterocycles. The SMILES string of the molecule is Cc1c(F)cc(C(=O)NC2CC2)cc1-c1ccc(C(=O)NCC(C)(C)C)cc1C(=O)NCCc1ccc(S(N)(=O)=O)cc1.Cc1c(F)cc(C(=O)NC2CC2)cc1-c1ccc(C(=O)NCC(C)(C)C)cc1C(=O)O. The number of hydrogen-bond acceptors (Lipinski definition) is 8. The number of carboxylic acid groups (broad SMARTS) is 1. The van der Waals surface area contributed by atoms with Gasteiger partial charge in [-0.15, -0.1) is 0 Å². The average Bonchev–Trinajstić information content (AvgIpc) is 4.29. The van der Waals surface area contributed by atoms with Crippen LogP contribution in [0.4, 0.5) is 8.78 Å². The zero-order valence-corrected chi connectivity index (χ0v) is 43.7. The number of carbonyl (C=O) groups excluding carboxylic acids is 5. The van der Waals surface area contributed by atoms with Crippen molar-refractivity contribution < 1.29 is 51.1 Å². The monoisotopic (exact) mass is 1030 g/mol. The fourth-order valence-corrected chi connectivity index (χ4v) is 8.05. The Bertz CT molecular complexity index is 3120. The Morgan fingerprint density at radius 2 is 0.973 bits per heavy atom. The Hall–Kier alpha value is -7.31. The molecule has 0 aromatic heterocycles. The molecule has 0 bridgehead atoms. The highest BCUT2D eigenvalue weighted by Gasteiger charge is 2.28. The zero-order chi connectivity index (χ0) is 54.4. The van der Waals surface area contributed by atoms with Crippen molar-refractivity contribution in [1.29, 1.82) is 0 Å². The summed E-state index contributed by atoms with van der Waals surface area (Å²) in [6.07, 6.45) is 3.95. The number of carbonyl (C=O) groups is 6. The third kappa shape index (κ3) is 15.4. The van der Waals surface area contributed by atoms with Gasteiger partial charge in [0.15, 0.2) is 0 Å². The number of amides is 5. The molecule has 2 aliphatic carbocycles. The predicted molar refractivity (Wildman–Crippen MR) is 279 cm³/mol. The van der Waals surface area contributed by atoms with E-state index in [-0.39, 0.29) is 102 Å². The lowest BCUT2D eigenvalue weighted by atomic mass is 9.91. The normalized spacial score (nSPS) is 13.4. The Morgan fingerprint density at radius 3 is 1.36 bits per heavy atom. The van der Waals surface area contributed by atoms with Crippen molar-refractivity contribution in [2.75, 3.05) is 19.6 Å². The second-order valence-corrected chi connectivity index (χ2v) is 22.8. The van der Waals surface area contributed by atoms with E-state index in [2.05, 4.69) is 26.6 Å². The number of primary sulfonamides is 1. The van der Waals surface area contributed by atoms with Gasteiger partial charge in [0.1, 0.15) is 11.6 Å². The molecule has 18 heteroatoms. The molecule has 74 heavy (non-hydrogen) atoms. The second kappa shape index (κ2) is 22.8. The Morgan fingerprint density at radius 1 is 0.554 bits per heavy atom. The topological polar surface area (TPSA) is 243 Å². The number of nitrogens with two attached hydrogens (primary N) is 1. The molecule has 2 saturated carbocycles. The number of benzene rings is 5. The van der Waals surface area contributed by atoms with Crippen LogP contribution in [-0.2, 0) is 16.4 Å². The van der Waals surface area contributed by atoms with E-state index in [1.807, 2.05) is 41.5 Å². The first kappa shape index (κ1) is 56.0. The number of aromatic carboxylic acids is 1. The minimum atomic E-state index is -3.82. The van der Waals surface area contributed by atoms with E-state index >= 15 is 4.39 Å². The molecule has 5 aromatic rings. The Labute approximate surface area is 430 Å². The molecule has 2 aliphatic rings. The van der Waals surface area contributed by atoms with Gasteiger partial charge in [-0.3, -0.25) is 24.0 Å². The molecular formula is C56H64F2N6O9S. The van der Waals surface area contributed by atoms with Crippen LogP contribution in [0.3, 0.4) is 0 Å². The molecule has 0 heterocycles. The van der Waals surface area contributed by atoms with E-state index in [1.54, 1.807) is 37.3 Å². The van der Waals surface area contributed by atoms with Crippen LogP contribution in [0.5, 0.6) is 0 Å². The molecule has 0 radical (unpaired) electrons. The summed E-state index contributed by atoms with van der Waals surface area (Å²) < 4.78 is 52.7. The number of sulfonamides is 1. The van der Waals surface area contributed by atoms with Crippen molar-refractivity contribution in [2.24, 2.45) is 16.0 Å². The fourth-order valence-electron chi connectivity index (χ4n) is 7.53. The van der Waals surface area contributed by atoms with Gasteiger partial charge in [-0.2, -0.15) is 0 Å². The minimum Gasteiger partial charge on any atom is -0.478 e. The molecule has 0 spiro atoms. The number of halogens is 2. The van der Waals surface area contributed by atoms with E-state index in [0.29, 0.717) is 36.2 Å². The molecule has 0 atom stereocenters. The third-order valence-electron chi connectivity index (χ3n) is 12.2. The van der Waals surface area contributed by atoms with Gasteiger partial charge in [0, 0.05) is 59.5 Å². The van der Waals surface area contributed by atoms with Gasteiger partial charge >= 0.3 is 5.97 Å². The van der Waals surface area contributed by atoms with Gasteiger partial charge in [0.25, 0.3) is 29.5 Å². The van der Waals surface area contributed by atoms with Gasteiger partial charge in [-0.05, 0) is 156 Å². The van der Waals surface area contributed by atoms with E-state index in [1.165, 1.54) is 55.5 Å². The quantitative estimate of drug-likeness (QED) is 0.0502. The van der Waals surface area contributed by atoms with Crippen LogP contribution in [0.2, 0.25) is 0 Å². The number of rotatable bonds is 16. The van der Waals surface area contributed by atoms with Crippen molar-refractivity contribution in [3.8, 4) is 22.3 Å². The van der Waals surface area contributed by atoms with Gasteiger partial charge in [0.2, 0.25) is 10.0 Å². The maximum Gasteiger partial charge on any atom is 0.336 e. The summed E-state index contributed by atoms with van der Waals surface area (Å²) in [4.78, 5) is 76.1. The maximum absolute atomic E-state index is 15.1. The molecule has 5 amide bonds. The summed E-state index contributed by atoms with van der Waals surface area (Å²) in [5.41, 5.74) is 3.04. The number of hydrogen-bond donors (Lipinski definition) is 7. The molecule has 15 nitrogen and oxygen atoms in total. The molecule has 8 N–H and O–H groups in total. The van der Waals surface area contributed by atoms with Crippen LogP contribution in [-0.4, -0.2) is 80.7 Å². The highest BCUT2D eigenvalue weighted by Crippen LogP contribution is 2.33. The lowest BCUT2D eigenvalue weighted by molar-refractivity contribution is 0.0696. The van der Waals surface area contributed by atoms with E-state index in [0.717, 1.165) is 37.3 Å². The average molecular weight is 1040 g/mol. The van der Waals surface area contributed by atoms with Gasteiger partial charge in [-0.1, -0.05) is 65.8 Å². The van der Waals surface area contributed by atoms with Crippen LogP contribution in [0.1, 0.15) is 146 Å². The lowest BCUT2D eigenvalue weighted by Gasteiger charge is -2.19. The van der Waals surface area contributed by atoms with Crippen molar-refractivity contribution in [3.05, 3.63) is 147 Å². The second-order valence-electron chi connectivity index (χ2n) is 21.3. The van der Waals surface area contributed by atoms with Crippen LogP contribution in [0.15, 0.2) is 89.8 Å². The van der Waals surface area contributed by atoms with Crippen LogP contribution < -0.4 is 31.7 Å². The Balaban J connectivity index is 0.000000254. The Kier molecular flexibility index (Phi) is 17.3. The van der Waals surface area contributed by atoms with E-state index < -0.39 is 39.4 Å². The molecule has 5 aromatic carbocycles. The molecule has 392 valence electrons. The van der Waals surface area contributed by atoms with Crippen LogP contribution in [0.25, 0.3) is 22.3 Å². The first-order chi connectivity index (χ1) is 34.6. The van der Waals surface area contributed by atoms with Crippen molar-refractivity contribution in [2.45, 2.75) is 104 Å².